The fourth-order valence-electron chi connectivity index (χ4n) is 2.00. The second-order valence-corrected chi connectivity index (χ2v) is 4.55. The molecule has 1 N–H and O–H groups in total. The van der Waals surface area contributed by atoms with Crippen LogP contribution in [-0.4, -0.2) is 20.2 Å². The molecule has 1 aliphatic carbocycles. The Bertz CT molecular complexity index is 561. The zero-order valence-electron chi connectivity index (χ0n) is 10.1. The van der Waals surface area contributed by atoms with Crippen LogP contribution in [0.1, 0.15) is 30.1 Å². The van der Waals surface area contributed by atoms with Gasteiger partial charge in [0, 0.05) is 5.69 Å². The van der Waals surface area contributed by atoms with Gasteiger partial charge in [-0.15, -0.1) is 10.2 Å². The normalized spacial score (nSPS) is 14.8. The highest BCUT2D eigenvalue weighted by molar-refractivity contribution is 5.54. The Labute approximate surface area is 104 Å². The lowest BCUT2D eigenvalue weighted by Crippen LogP contribution is -2.04. The predicted octanol–water partition coefficient (Wildman–Crippen LogP) is 1.84. The zero-order valence-corrected chi connectivity index (χ0v) is 10.1. The number of tetrazole rings is 1. The summed E-state index contributed by atoms with van der Waals surface area (Å²) < 4.78 is 13.2. The molecule has 1 aromatic heterocycles. The van der Waals surface area contributed by atoms with E-state index in [0.717, 1.165) is 24.1 Å². The van der Waals surface area contributed by atoms with Gasteiger partial charge in [0.2, 0.25) is 0 Å². The van der Waals surface area contributed by atoms with Crippen LogP contribution in [0.5, 0.6) is 0 Å². The van der Waals surface area contributed by atoms with Gasteiger partial charge in [0.15, 0.2) is 5.82 Å². The van der Waals surface area contributed by atoms with Crippen LogP contribution in [0.4, 0.5) is 10.1 Å². The van der Waals surface area contributed by atoms with Gasteiger partial charge in [0.1, 0.15) is 5.82 Å². The zero-order chi connectivity index (χ0) is 12.5. The Morgan fingerprint density at radius 1 is 1.44 bits per heavy atom. The lowest BCUT2D eigenvalue weighted by molar-refractivity contribution is 0.625. The summed E-state index contributed by atoms with van der Waals surface area (Å²) in [5, 5.41) is 15.0. The van der Waals surface area contributed by atoms with Crippen molar-refractivity contribution in [3.05, 3.63) is 35.4 Å². The van der Waals surface area contributed by atoms with Gasteiger partial charge in [-0.3, -0.25) is 0 Å². The average Bonchev–Trinajstić information content (AvgIpc) is 3.11. The molecule has 1 heterocycles. The van der Waals surface area contributed by atoms with Crippen molar-refractivity contribution in [3.8, 4) is 0 Å². The lowest BCUT2D eigenvalue weighted by atomic mass is 10.1. The van der Waals surface area contributed by atoms with Gasteiger partial charge in [0.25, 0.3) is 0 Å². The molecule has 0 unspecified atom stereocenters. The van der Waals surface area contributed by atoms with Crippen molar-refractivity contribution >= 4 is 5.69 Å². The number of benzene rings is 1. The third kappa shape index (κ3) is 2.32. The Morgan fingerprint density at radius 3 is 2.94 bits per heavy atom. The molecule has 0 aliphatic heterocycles. The average molecular weight is 247 g/mol. The molecule has 1 aromatic carbocycles. The van der Waals surface area contributed by atoms with E-state index in [1.54, 1.807) is 19.2 Å². The third-order valence-corrected chi connectivity index (χ3v) is 3.02. The Balaban J connectivity index is 1.75. The maximum Gasteiger partial charge on any atom is 0.193 e. The molecule has 0 saturated heterocycles. The van der Waals surface area contributed by atoms with Crippen LogP contribution in [-0.2, 0) is 13.6 Å². The van der Waals surface area contributed by atoms with Crippen LogP contribution >= 0.6 is 0 Å². The van der Waals surface area contributed by atoms with Crippen molar-refractivity contribution in [2.24, 2.45) is 7.05 Å². The van der Waals surface area contributed by atoms with Gasteiger partial charge in [-0.05, 0) is 47.7 Å². The summed E-state index contributed by atoms with van der Waals surface area (Å²) in [6.07, 6.45) is 2.28. The maximum atomic E-state index is 13.2. The Morgan fingerprint density at radius 2 is 2.28 bits per heavy atom. The number of nitrogens with one attached hydrogen (secondary N) is 1. The van der Waals surface area contributed by atoms with Crippen LogP contribution < -0.4 is 5.32 Å². The largest absolute Gasteiger partial charge is 0.377 e. The van der Waals surface area contributed by atoms with Gasteiger partial charge >= 0.3 is 0 Å². The van der Waals surface area contributed by atoms with E-state index >= 15 is 0 Å². The number of halogens is 1. The van der Waals surface area contributed by atoms with E-state index in [2.05, 4.69) is 20.7 Å². The van der Waals surface area contributed by atoms with Crippen molar-refractivity contribution in [2.45, 2.75) is 25.3 Å². The molecule has 94 valence electrons. The second-order valence-electron chi connectivity index (χ2n) is 4.55. The molecule has 6 heteroatoms. The van der Waals surface area contributed by atoms with Crippen LogP contribution in [0.25, 0.3) is 0 Å². The third-order valence-electron chi connectivity index (χ3n) is 3.02. The number of hydrogen-bond acceptors (Lipinski definition) is 4. The highest BCUT2D eigenvalue weighted by Gasteiger charge is 2.26. The van der Waals surface area contributed by atoms with Crippen molar-refractivity contribution in [2.75, 3.05) is 5.32 Å². The first kappa shape index (κ1) is 11.1. The molecule has 3 rings (SSSR count). The highest BCUT2D eigenvalue weighted by Crippen LogP contribution is 2.43. The number of aromatic nitrogens is 4. The maximum absolute atomic E-state index is 13.2. The molecule has 0 bridgehead atoms. The fraction of sp³-hybridized carbons (Fsp3) is 0.417. The Hall–Kier alpha value is -1.98. The summed E-state index contributed by atoms with van der Waals surface area (Å²) in [5.74, 6) is 0.946. The number of rotatable bonds is 4. The minimum atomic E-state index is -0.180. The summed E-state index contributed by atoms with van der Waals surface area (Å²) in [6.45, 7) is 0.499. The van der Waals surface area contributed by atoms with Crippen molar-refractivity contribution in [1.29, 1.82) is 0 Å². The minimum absolute atomic E-state index is 0.180. The molecule has 18 heavy (non-hydrogen) atoms. The number of anilines is 1. The molecule has 2 aromatic rings. The van der Waals surface area contributed by atoms with Gasteiger partial charge in [-0.2, -0.15) is 4.80 Å². The topological polar surface area (TPSA) is 55.6 Å². The fourth-order valence-corrected chi connectivity index (χ4v) is 2.00. The molecule has 1 fully saturated rings. The van der Waals surface area contributed by atoms with E-state index in [4.69, 9.17) is 0 Å². The SMILES string of the molecule is Cn1nnc(CNc2ccc(F)cc2C2CC2)n1. The van der Waals surface area contributed by atoms with Crippen LogP contribution in [0.15, 0.2) is 18.2 Å². The summed E-state index contributed by atoms with van der Waals surface area (Å²) in [5.41, 5.74) is 2.02. The minimum Gasteiger partial charge on any atom is -0.377 e. The monoisotopic (exact) mass is 247 g/mol. The van der Waals surface area contributed by atoms with Crippen molar-refractivity contribution in [1.82, 2.24) is 20.2 Å². The number of nitrogens with zero attached hydrogens (tertiary/aromatic N) is 4. The first-order valence-electron chi connectivity index (χ1n) is 5.98. The van der Waals surface area contributed by atoms with E-state index in [0.29, 0.717) is 18.3 Å². The second kappa shape index (κ2) is 4.36. The van der Waals surface area contributed by atoms with E-state index in [9.17, 15) is 4.39 Å². The van der Waals surface area contributed by atoms with Gasteiger partial charge < -0.3 is 5.32 Å². The Kier molecular flexibility index (Phi) is 2.70. The van der Waals surface area contributed by atoms with Crippen LogP contribution in [0.3, 0.4) is 0 Å². The standard InChI is InChI=1S/C12H14FN5/c1-18-16-12(15-17-18)7-14-11-5-4-9(13)6-10(11)8-2-3-8/h4-6,8,14H,2-3,7H2,1H3. The van der Waals surface area contributed by atoms with Crippen LogP contribution in [0.2, 0.25) is 0 Å². The summed E-state index contributed by atoms with van der Waals surface area (Å²) >= 11 is 0. The van der Waals surface area contributed by atoms with Crippen molar-refractivity contribution in [3.63, 3.8) is 0 Å². The predicted molar refractivity (Wildman–Crippen MR) is 64.5 cm³/mol. The van der Waals surface area contributed by atoms with Crippen LogP contribution in [0, 0.1) is 5.82 Å². The highest BCUT2D eigenvalue weighted by atomic mass is 19.1. The first-order valence-corrected chi connectivity index (χ1v) is 5.98. The quantitative estimate of drug-likeness (QED) is 0.895. The van der Waals surface area contributed by atoms with Gasteiger partial charge in [-0.1, -0.05) is 0 Å². The van der Waals surface area contributed by atoms with E-state index in [1.807, 2.05) is 0 Å². The molecule has 0 spiro atoms. The summed E-state index contributed by atoms with van der Waals surface area (Å²) in [4.78, 5) is 1.42. The summed E-state index contributed by atoms with van der Waals surface area (Å²) in [7, 11) is 1.73. The molecule has 1 aliphatic rings. The molecule has 0 radical (unpaired) electrons. The molecular formula is C12H14FN5. The number of aryl methyl sites for hydroxylation is 1. The molecular weight excluding hydrogens is 233 g/mol. The molecule has 5 nitrogen and oxygen atoms in total. The summed E-state index contributed by atoms with van der Waals surface area (Å²) in [6, 6.07) is 4.86. The van der Waals surface area contributed by atoms with Crippen molar-refractivity contribution < 1.29 is 4.39 Å². The molecule has 0 atom stereocenters. The molecule has 1 saturated carbocycles. The first-order chi connectivity index (χ1) is 8.72. The lowest BCUT2D eigenvalue weighted by Gasteiger charge is -2.10. The van der Waals surface area contributed by atoms with Gasteiger partial charge in [-0.25, -0.2) is 4.39 Å². The van der Waals surface area contributed by atoms with Gasteiger partial charge in [0.05, 0.1) is 13.6 Å². The number of hydrogen-bond donors (Lipinski definition) is 1. The smallest absolute Gasteiger partial charge is 0.193 e. The van der Waals surface area contributed by atoms with E-state index in [1.165, 1.54) is 10.9 Å². The van der Waals surface area contributed by atoms with E-state index in [-0.39, 0.29) is 5.82 Å². The van der Waals surface area contributed by atoms with E-state index < -0.39 is 0 Å². The molecule has 0 amide bonds.